The van der Waals surface area contributed by atoms with Crippen LogP contribution >= 0.6 is 11.6 Å². The first-order chi connectivity index (χ1) is 14.0. The Hall–Kier alpha value is -2.09. The summed E-state index contributed by atoms with van der Waals surface area (Å²) in [4.78, 5) is 12.7. The van der Waals surface area contributed by atoms with Gasteiger partial charge in [-0.2, -0.15) is 0 Å². The van der Waals surface area contributed by atoms with Crippen molar-refractivity contribution in [2.45, 2.75) is 36.7 Å². The number of aryl methyl sites for hydroxylation is 1. The van der Waals surface area contributed by atoms with Crippen LogP contribution in [0.3, 0.4) is 0 Å². The first-order valence-electron chi connectivity index (χ1n) is 9.77. The molecule has 1 amide bonds. The number of anilines is 1. The van der Waals surface area contributed by atoms with Crippen LogP contribution in [-0.2, 0) is 21.2 Å². The third-order valence-electron chi connectivity index (χ3n) is 5.35. The summed E-state index contributed by atoms with van der Waals surface area (Å²) in [7, 11) is -3.81. The number of benzene rings is 2. The van der Waals surface area contributed by atoms with E-state index in [1.54, 1.807) is 0 Å². The molecule has 0 aliphatic carbocycles. The quantitative estimate of drug-likeness (QED) is 0.782. The standard InChI is InChI=1S/C21H23ClN2O4S/c22-19-10-9-17(13-18(19)21(25)23-14-16-7-4-12-28-16)29(26,27)24-11-3-6-15-5-1-2-8-20(15)24/h1-2,5,8-10,13,16H,3-4,6-7,11-12,14H2,(H,23,25)/t16-/m1/s1. The van der Waals surface area contributed by atoms with E-state index in [2.05, 4.69) is 5.32 Å². The molecule has 0 aromatic heterocycles. The van der Waals surface area contributed by atoms with Crippen molar-refractivity contribution in [2.24, 2.45) is 0 Å². The van der Waals surface area contributed by atoms with E-state index < -0.39 is 15.9 Å². The molecule has 2 aromatic carbocycles. The summed E-state index contributed by atoms with van der Waals surface area (Å²) < 4.78 is 33.6. The van der Waals surface area contributed by atoms with Crippen molar-refractivity contribution in [3.63, 3.8) is 0 Å². The maximum atomic E-state index is 13.3. The third-order valence-corrected chi connectivity index (χ3v) is 7.49. The Balaban J connectivity index is 1.60. The highest BCUT2D eigenvalue weighted by atomic mass is 35.5. The van der Waals surface area contributed by atoms with Gasteiger partial charge in [-0.25, -0.2) is 8.42 Å². The van der Waals surface area contributed by atoms with Gasteiger partial charge in [-0.05, 0) is 55.5 Å². The summed E-state index contributed by atoms with van der Waals surface area (Å²) in [6.07, 6.45) is 3.47. The molecule has 0 unspecified atom stereocenters. The summed E-state index contributed by atoms with van der Waals surface area (Å²) in [6, 6.07) is 11.8. The Morgan fingerprint density at radius 3 is 2.83 bits per heavy atom. The Labute approximate surface area is 175 Å². The predicted octanol–water partition coefficient (Wildman–Crippen LogP) is 3.39. The van der Waals surface area contributed by atoms with Crippen molar-refractivity contribution in [1.29, 1.82) is 0 Å². The largest absolute Gasteiger partial charge is 0.376 e. The van der Waals surface area contributed by atoms with Gasteiger partial charge in [0.15, 0.2) is 0 Å². The normalized spacial score (nSPS) is 19.1. The molecule has 1 saturated heterocycles. The molecular formula is C21H23ClN2O4S. The third kappa shape index (κ3) is 4.13. The zero-order chi connectivity index (χ0) is 20.4. The molecule has 2 aliphatic heterocycles. The number of nitrogens with zero attached hydrogens (tertiary/aromatic N) is 1. The topological polar surface area (TPSA) is 75.7 Å². The number of carbonyl (C=O) groups excluding carboxylic acids is 1. The second kappa shape index (κ2) is 8.34. The summed E-state index contributed by atoms with van der Waals surface area (Å²) in [5.74, 6) is -0.401. The van der Waals surface area contributed by atoms with Crippen LogP contribution < -0.4 is 9.62 Å². The van der Waals surface area contributed by atoms with Gasteiger partial charge in [0.2, 0.25) is 0 Å². The Bertz CT molecular complexity index is 1020. The molecule has 154 valence electrons. The van der Waals surface area contributed by atoms with Crippen LogP contribution in [0, 0.1) is 0 Å². The van der Waals surface area contributed by atoms with Crippen LogP contribution in [0.25, 0.3) is 0 Å². The highest BCUT2D eigenvalue weighted by Crippen LogP contribution is 2.32. The lowest BCUT2D eigenvalue weighted by molar-refractivity contribution is 0.0857. The molecule has 4 rings (SSSR count). The molecule has 0 spiro atoms. The number of ether oxygens (including phenoxy) is 1. The van der Waals surface area contributed by atoms with Gasteiger partial charge >= 0.3 is 0 Å². The molecule has 6 nitrogen and oxygen atoms in total. The monoisotopic (exact) mass is 434 g/mol. The van der Waals surface area contributed by atoms with E-state index in [0.717, 1.165) is 31.2 Å². The molecule has 0 saturated carbocycles. The number of carbonyl (C=O) groups is 1. The van der Waals surface area contributed by atoms with E-state index in [-0.39, 0.29) is 21.6 Å². The number of halogens is 1. The highest BCUT2D eigenvalue weighted by Gasteiger charge is 2.30. The molecule has 0 radical (unpaired) electrons. The molecule has 2 aromatic rings. The van der Waals surface area contributed by atoms with Crippen molar-refractivity contribution in [3.05, 3.63) is 58.6 Å². The van der Waals surface area contributed by atoms with Gasteiger partial charge in [0.25, 0.3) is 15.9 Å². The van der Waals surface area contributed by atoms with Gasteiger partial charge in [0.1, 0.15) is 0 Å². The fourth-order valence-electron chi connectivity index (χ4n) is 3.82. The Kier molecular flexibility index (Phi) is 5.81. The molecule has 1 fully saturated rings. The van der Waals surface area contributed by atoms with Crippen LogP contribution in [0.2, 0.25) is 5.02 Å². The van der Waals surface area contributed by atoms with Gasteiger partial charge in [0, 0.05) is 19.7 Å². The maximum Gasteiger partial charge on any atom is 0.264 e. The second-order valence-electron chi connectivity index (χ2n) is 7.30. The fraction of sp³-hybridized carbons (Fsp3) is 0.381. The van der Waals surface area contributed by atoms with Crippen LogP contribution in [-0.4, -0.2) is 40.1 Å². The van der Waals surface area contributed by atoms with Gasteiger partial charge in [-0.3, -0.25) is 9.10 Å². The first-order valence-corrected chi connectivity index (χ1v) is 11.6. The summed E-state index contributed by atoms with van der Waals surface area (Å²) in [5, 5.41) is 3.01. The van der Waals surface area contributed by atoms with Gasteiger partial charge in [-0.15, -0.1) is 0 Å². The minimum absolute atomic E-state index is 0.00510. The Morgan fingerprint density at radius 1 is 1.21 bits per heavy atom. The fourth-order valence-corrected chi connectivity index (χ4v) is 5.59. The summed E-state index contributed by atoms with van der Waals surface area (Å²) in [5.41, 5.74) is 1.85. The van der Waals surface area contributed by atoms with Crippen molar-refractivity contribution < 1.29 is 17.9 Å². The molecule has 2 aliphatic rings. The van der Waals surface area contributed by atoms with Gasteiger partial charge in [-0.1, -0.05) is 29.8 Å². The number of para-hydroxylation sites is 1. The van der Waals surface area contributed by atoms with Crippen molar-refractivity contribution in [3.8, 4) is 0 Å². The molecule has 0 bridgehead atoms. The average molecular weight is 435 g/mol. The molecule has 2 heterocycles. The lowest BCUT2D eigenvalue weighted by Crippen LogP contribution is -2.36. The number of rotatable bonds is 5. The van der Waals surface area contributed by atoms with E-state index in [4.69, 9.17) is 16.3 Å². The number of sulfonamides is 1. The molecular weight excluding hydrogens is 412 g/mol. The van der Waals surface area contributed by atoms with Crippen LogP contribution in [0.5, 0.6) is 0 Å². The van der Waals surface area contributed by atoms with Crippen molar-refractivity contribution >= 4 is 33.2 Å². The number of hydrogen-bond acceptors (Lipinski definition) is 4. The van der Waals surface area contributed by atoms with E-state index in [9.17, 15) is 13.2 Å². The number of nitrogens with one attached hydrogen (secondary N) is 1. The highest BCUT2D eigenvalue weighted by molar-refractivity contribution is 7.92. The van der Waals surface area contributed by atoms with E-state index in [1.165, 1.54) is 22.5 Å². The molecule has 1 N–H and O–H groups in total. The minimum atomic E-state index is -3.81. The summed E-state index contributed by atoms with van der Waals surface area (Å²) >= 11 is 6.20. The zero-order valence-electron chi connectivity index (χ0n) is 15.9. The zero-order valence-corrected chi connectivity index (χ0v) is 17.5. The average Bonchev–Trinajstić information content (AvgIpc) is 3.25. The Morgan fingerprint density at radius 2 is 2.03 bits per heavy atom. The molecule has 1 atom stereocenters. The maximum absolute atomic E-state index is 13.3. The smallest absolute Gasteiger partial charge is 0.264 e. The second-order valence-corrected chi connectivity index (χ2v) is 9.57. The number of fused-ring (bicyclic) bond motifs is 1. The minimum Gasteiger partial charge on any atom is -0.376 e. The van der Waals surface area contributed by atoms with Crippen LogP contribution in [0.15, 0.2) is 47.4 Å². The van der Waals surface area contributed by atoms with E-state index in [0.29, 0.717) is 25.4 Å². The predicted molar refractivity (Wildman–Crippen MR) is 112 cm³/mol. The summed E-state index contributed by atoms with van der Waals surface area (Å²) in [6.45, 7) is 1.49. The van der Waals surface area contributed by atoms with Crippen LogP contribution in [0.4, 0.5) is 5.69 Å². The van der Waals surface area contributed by atoms with E-state index in [1.807, 2.05) is 24.3 Å². The van der Waals surface area contributed by atoms with E-state index >= 15 is 0 Å². The van der Waals surface area contributed by atoms with Crippen molar-refractivity contribution in [2.75, 3.05) is 24.0 Å². The molecule has 8 heteroatoms. The lowest BCUT2D eigenvalue weighted by Gasteiger charge is -2.30. The van der Waals surface area contributed by atoms with Gasteiger partial charge in [0.05, 0.1) is 27.3 Å². The first kappa shape index (κ1) is 20.2. The van der Waals surface area contributed by atoms with Gasteiger partial charge < -0.3 is 10.1 Å². The molecule has 29 heavy (non-hydrogen) atoms. The van der Waals surface area contributed by atoms with Crippen LogP contribution in [0.1, 0.15) is 35.2 Å². The SMILES string of the molecule is O=C(NC[C@H]1CCCO1)c1cc(S(=O)(=O)N2CCCc3ccccc32)ccc1Cl. The lowest BCUT2D eigenvalue weighted by atomic mass is 10.0. The number of hydrogen-bond donors (Lipinski definition) is 1. The number of amides is 1. The van der Waals surface area contributed by atoms with Crippen molar-refractivity contribution in [1.82, 2.24) is 5.32 Å².